The van der Waals surface area contributed by atoms with Crippen LogP contribution in [0.25, 0.3) is 5.57 Å². The highest BCUT2D eigenvalue weighted by atomic mass is 16.2. The van der Waals surface area contributed by atoms with E-state index in [0.29, 0.717) is 42.2 Å². The molecule has 0 spiro atoms. The number of benzene rings is 1. The minimum atomic E-state index is -0.00637. The Kier molecular flexibility index (Phi) is 9.93. The Morgan fingerprint density at radius 1 is 1.15 bits per heavy atom. The molecule has 0 radical (unpaired) electrons. The first-order valence-electron chi connectivity index (χ1n) is 14.3. The molecule has 1 fully saturated rings. The number of amides is 2. The monoisotopic (exact) mass is 545 g/mol. The Bertz CT molecular complexity index is 1290. The molecule has 0 saturated carbocycles. The average molecular weight is 546 g/mol. The summed E-state index contributed by atoms with van der Waals surface area (Å²) in [5.74, 6) is 0.739. The Balaban J connectivity index is 1.38. The number of nitrogens with one attached hydrogen (secondary N) is 3. The number of rotatable bonds is 7. The number of carbonyl (C=O) groups excluding carboxylic acids is 2. The van der Waals surface area contributed by atoms with Crippen molar-refractivity contribution in [1.29, 1.82) is 5.41 Å². The smallest absolute Gasteiger partial charge is 0.253 e. The maximum absolute atomic E-state index is 13.0. The number of nitrogens with zero attached hydrogens (tertiary/aromatic N) is 4. The van der Waals surface area contributed by atoms with Gasteiger partial charge in [0.15, 0.2) is 0 Å². The molecular formula is C31H43N7O2. The Morgan fingerprint density at radius 3 is 2.52 bits per heavy atom. The molecular weight excluding hydrogens is 502 g/mol. The molecule has 1 saturated heterocycles. The number of guanidine groups is 1. The van der Waals surface area contributed by atoms with Gasteiger partial charge in [-0.15, -0.1) is 0 Å². The first kappa shape index (κ1) is 29.3. The van der Waals surface area contributed by atoms with Crippen molar-refractivity contribution in [2.75, 3.05) is 45.6 Å². The van der Waals surface area contributed by atoms with Crippen molar-refractivity contribution in [3.05, 3.63) is 65.3 Å². The summed E-state index contributed by atoms with van der Waals surface area (Å²) < 4.78 is 0. The number of pyridine rings is 1. The van der Waals surface area contributed by atoms with Crippen molar-refractivity contribution < 1.29 is 9.59 Å². The summed E-state index contributed by atoms with van der Waals surface area (Å²) in [4.78, 5) is 39.3. The van der Waals surface area contributed by atoms with Gasteiger partial charge in [-0.25, -0.2) is 0 Å². The van der Waals surface area contributed by atoms with Crippen LogP contribution in [0, 0.1) is 11.3 Å². The minimum Gasteiger partial charge on any atom is -0.346 e. The second kappa shape index (κ2) is 13.6. The number of anilines is 1. The summed E-state index contributed by atoms with van der Waals surface area (Å²) >= 11 is 0. The molecule has 40 heavy (non-hydrogen) atoms. The van der Waals surface area contributed by atoms with Crippen molar-refractivity contribution in [2.45, 2.75) is 52.0 Å². The van der Waals surface area contributed by atoms with Gasteiger partial charge < -0.3 is 25.0 Å². The molecule has 4 rings (SSSR count). The third kappa shape index (κ3) is 7.69. The molecule has 2 aliphatic rings. The van der Waals surface area contributed by atoms with E-state index in [2.05, 4.69) is 47.2 Å². The average Bonchev–Trinajstić information content (AvgIpc) is 2.96. The topological polar surface area (TPSA) is 108 Å². The van der Waals surface area contributed by atoms with E-state index in [1.54, 1.807) is 18.3 Å². The number of likely N-dealkylation sites (tertiary alicyclic amines) is 1. The Labute approximate surface area is 237 Å². The van der Waals surface area contributed by atoms with Crippen LogP contribution >= 0.6 is 0 Å². The molecule has 214 valence electrons. The van der Waals surface area contributed by atoms with E-state index in [4.69, 9.17) is 5.41 Å². The first-order valence-corrected chi connectivity index (χ1v) is 14.3. The fourth-order valence-electron chi connectivity index (χ4n) is 5.21. The van der Waals surface area contributed by atoms with Crippen LogP contribution in [0.3, 0.4) is 0 Å². The van der Waals surface area contributed by atoms with Gasteiger partial charge >= 0.3 is 0 Å². The molecule has 3 N–H and O–H groups in total. The molecule has 2 amide bonds. The molecule has 3 heterocycles. The summed E-state index contributed by atoms with van der Waals surface area (Å²) in [6.07, 6.45) is 8.11. The lowest BCUT2D eigenvalue weighted by molar-refractivity contribution is -0.131. The number of piperidine rings is 1. The van der Waals surface area contributed by atoms with Crippen molar-refractivity contribution in [3.8, 4) is 0 Å². The normalized spacial score (nSPS) is 17.1. The summed E-state index contributed by atoms with van der Waals surface area (Å²) in [5, 5.41) is 11.5. The molecule has 9 heteroatoms. The zero-order valence-corrected chi connectivity index (χ0v) is 24.2. The van der Waals surface area contributed by atoms with Gasteiger partial charge in [-0.2, -0.15) is 4.99 Å². The van der Waals surface area contributed by atoms with Crippen LogP contribution in [-0.2, 0) is 4.79 Å². The van der Waals surface area contributed by atoms with E-state index >= 15 is 0 Å². The quantitative estimate of drug-likeness (QED) is 0.358. The molecule has 9 nitrogen and oxygen atoms in total. The van der Waals surface area contributed by atoms with E-state index in [1.165, 1.54) is 0 Å². The van der Waals surface area contributed by atoms with E-state index in [9.17, 15) is 9.59 Å². The van der Waals surface area contributed by atoms with Gasteiger partial charge in [0.25, 0.3) is 5.91 Å². The van der Waals surface area contributed by atoms with Gasteiger partial charge in [-0.3, -0.25) is 15.0 Å². The summed E-state index contributed by atoms with van der Waals surface area (Å²) in [7, 11) is 4.00. The molecule has 0 atom stereocenters. The first-order chi connectivity index (χ1) is 19.2. The van der Waals surface area contributed by atoms with Crippen LogP contribution in [0.2, 0.25) is 0 Å². The number of aromatic amines is 1. The Hall–Kier alpha value is -3.72. The lowest BCUT2D eigenvalue weighted by Crippen LogP contribution is -2.44. The number of hydrogen-bond acceptors (Lipinski definition) is 4. The lowest BCUT2D eigenvalue weighted by Gasteiger charge is -2.35. The van der Waals surface area contributed by atoms with Crippen molar-refractivity contribution in [3.63, 3.8) is 0 Å². The third-order valence-electron chi connectivity index (χ3n) is 7.85. The summed E-state index contributed by atoms with van der Waals surface area (Å²) in [6.45, 7) is 7.56. The molecule has 0 bridgehead atoms. The van der Waals surface area contributed by atoms with Gasteiger partial charge in [0, 0.05) is 55.6 Å². The van der Waals surface area contributed by atoms with Crippen LogP contribution < -0.4 is 10.8 Å². The van der Waals surface area contributed by atoms with Crippen molar-refractivity contribution in [2.24, 2.45) is 10.9 Å². The van der Waals surface area contributed by atoms with Crippen LogP contribution in [0.5, 0.6) is 0 Å². The summed E-state index contributed by atoms with van der Waals surface area (Å²) in [6, 6.07) is 11.4. The van der Waals surface area contributed by atoms with Crippen LogP contribution in [0.1, 0.15) is 61.9 Å². The second-order valence-corrected chi connectivity index (χ2v) is 11.3. The SMILES string of the molecule is CC(C)CCC(=O)N1CC=C(c2ccc[nH]/c2=N\C(=N)Nc2ccc(C(=O)N(C)C3CCN(C)CC3)cc2)CC1. The summed E-state index contributed by atoms with van der Waals surface area (Å²) in [5.41, 5.74) is 3.97. The van der Waals surface area contributed by atoms with Crippen molar-refractivity contribution >= 4 is 29.0 Å². The van der Waals surface area contributed by atoms with Gasteiger partial charge in [-0.1, -0.05) is 19.9 Å². The minimum absolute atomic E-state index is 0.00637. The highest BCUT2D eigenvalue weighted by Crippen LogP contribution is 2.21. The Morgan fingerprint density at radius 2 is 1.88 bits per heavy atom. The number of hydrogen-bond donors (Lipinski definition) is 3. The van der Waals surface area contributed by atoms with Gasteiger partial charge in [0.1, 0.15) is 5.49 Å². The number of H-pyrrole nitrogens is 1. The van der Waals surface area contributed by atoms with Gasteiger partial charge in [0.05, 0.1) is 0 Å². The van der Waals surface area contributed by atoms with E-state index in [0.717, 1.165) is 49.9 Å². The van der Waals surface area contributed by atoms with Gasteiger partial charge in [0.2, 0.25) is 11.9 Å². The maximum atomic E-state index is 13.0. The predicted molar refractivity (Wildman–Crippen MR) is 160 cm³/mol. The highest BCUT2D eigenvalue weighted by Gasteiger charge is 2.24. The fraction of sp³-hybridized carbons (Fsp3) is 0.484. The van der Waals surface area contributed by atoms with E-state index in [-0.39, 0.29) is 23.8 Å². The lowest BCUT2D eigenvalue weighted by atomic mass is 10.00. The largest absolute Gasteiger partial charge is 0.346 e. The molecule has 1 aromatic carbocycles. The van der Waals surface area contributed by atoms with Crippen LogP contribution in [0.4, 0.5) is 5.69 Å². The molecule has 2 aromatic rings. The highest BCUT2D eigenvalue weighted by molar-refractivity contribution is 5.96. The molecule has 0 unspecified atom stereocenters. The second-order valence-electron chi connectivity index (χ2n) is 11.3. The van der Waals surface area contributed by atoms with Crippen LogP contribution in [0.15, 0.2) is 53.7 Å². The zero-order valence-electron chi connectivity index (χ0n) is 24.2. The molecule has 2 aliphatic heterocycles. The van der Waals surface area contributed by atoms with E-state index in [1.807, 2.05) is 41.1 Å². The van der Waals surface area contributed by atoms with Gasteiger partial charge in [-0.05, 0) is 93.7 Å². The maximum Gasteiger partial charge on any atom is 0.253 e. The zero-order chi connectivity index (χ0) is 28.6. The fourth-order valence-corrected chi connectivity index (χ4v) is 5.21. The predicted octanol–water partition coefficient (Wildman–Crippen LogP) is 4.18. The molecule has 1 aromatic heterocycles. The van der Waals surface area contributed by atoms with Crippen LogP contribution in [-0.4, -0.2) is 83.8 Å². The number of carbonyl (C=O) groups is 2. The van der Waals surface area contributed by atoms with Crippen molar-refractivity contribution in [1.82, 2.24) is 19.7 Å². The standard InChI is InChI=1S/C31H43N7O2/c1-22(2)7-12-28(39)38-20-13-23(14-21-38)27-6-5-17-33-29(27)35-31(32)34-25-10-8-24(9-11-25)30(40)37(4)26-15-18-36(3)19-16-26/h5-6,8-11,13,17,22,26H,7,12,14-16,18-21H2,1-4H3,(H3,32,33,34,35). The van der Waals surface area contributed by atoms with E-state index < -0.39 is 0 Å². The third-order valence-corrected chi connectivity index (χ3v) is 7.85. The number of aromatic nitrogens is 1. The molecule has 0 aliphatic carbocycles.